The highest BCUT2D eigenvalue weighted by atomic mass is 16.2. The van der Waals surface area contributed by atoms with Gasteiger partial charge in [-0.05, 0) is 48.6 Å². The third-order valence-electron chi connectivity index (χ3n) is 5.47. The molecule has 2 atom stereocenters. The molecule has 0 saturated carbocycles. The number of nitrogens with zero attached hydrogens (tertiary/aromatic N) is 4. The molecule has 0 spiro atoms. The molecule has 1 amide bonds. The zero-order valence-corrected chi connectivity index (χ0v) is 14.7. The van der Waals surface area contributed by atoms with Gasteiger partial charge < -0.3 is 4.90 Å². The normalized spacial score (nSPS) is 22.7. The molecular formula is C21H22N4O. The van der Waals surface area contributed by atoms with Crippen LogP contribution in [0.15, 0.2) is 48.7 Å². The molecule has 1 aromatic carbocycles. The van der Waals surface area contributed by atoms with E-state index in [9.17, 15) is 4.79 Å². The first-order valence-electron chi connectivity index (χ1n) is 9.16. The molecule has 1 aromatic heterocycles. The van der Waals surface area contributed by atoms with Gasteiger partial charge in [-0.25, -0.2) is 0 Å². The van der Waals surface area contributed by atoms with E-state index < -0.39 is 0 Å². The number of rotatable bonds is 3. The summed E-state index contributed by atoms with van der Waals surface area (Å²) in [5.74, 6) is 0.558. The Morgan fingerprint density at radius 2 is 1.96 bits per heavy atom. The molecule has 2 aromatic rings. The Morgan fingerprint density at radius 1 is 1.12 bits per heavy atom. The fraction of sp³-hybridized carbons (Fsp3) is 0.381. The zero-order valence-electron chi connectivity index (χ0n) is 14.7. The highest BCUT2D eigenvalue weighted by molar-refractivity contribution is 5.92. The number of fused-ring (bicyclic) bond motifs is 4. The van der Waals surface area contributed by atoms with Crippen molar-refractivity contribution in [3.05, 3.63) is 65.5 Å². The highest BCUT2D eigenvalue weighted by Gasteiger charge is 2.36. The maximum atomic E-state index is 12.8. The van der Waals surface area contributed by atoms with Crippen molar-refractivity contribution in [2.24, 2.45) is 5.92 Å². The standard InChI is InChI=1S/C21H22N4O/c22-11-16-4-6-17(7-5-16)12-24-13-18-8-9-19(24)15-25(14-18)21(26)20-3-1-2-10-23-20/h1-7,10,18-19H,8-9,12-15H2/t18-,19-/m1/s1. The smallest absolute Gasteiger partial charge is 0.272 e. The predicted molar refractivity (Wildman–Crippen MR) is 98.2 cm³/mol. The molecule has 2 bridgehead atoms. The van der Waals surface area contributed by atoms with E-state index in [4.69, 9.17) is 5.26 Å². The van der Waals surface area contributed by atoms with Gasteiger partial charge in [0.1, 0.15) is 5.69 Å². The van der Waals surface area contributed by atoms with Gasteiger partial charge in [0.2, 0.25) is 0 Å². The number of hydrogen-bond donors (Lipinski definition) is 0. The number of carbonyl (C=O) groups excluding carboxylic acids is 1. The number of carbonyl (C=O) groups is 1. The van der Waals surface area contributed by atoms with Crippen LogP contribution < -0.4 is 0 Å². The first-order valence-corrected chi connectivity index (χ1v) is 9.16. The SMILES string of the molecule is N#Cc1ccc(CN2C[C@H]3CC[C@@H]2CN(C(=O)c2ccccn2)C3)cc1. The summed E-state index contributed by atoms with van der Waals surface area (Å²) in [6.45, 7) is 3.48. The summed E-state index contributed by atoms with van der Waals surface area (Å²) in [6, 6.07) is 15.9. The summed E-state index contributed by atoms with van der Waals surface area (Å²) in [7, 11) is 0. The second-order valence-electron chi connectivity index (χ2n) is 7.26. The Bertz CT molecular complexity index is 812. The van der Waals surface area contributed by atoms with Gasteiger partial charge in [0.15, 0.2) is 0 Å². The van der Waals surface area contributed by atoms with Crippen LogP contribution in [-0.4, -0.2) is 46.4 Å². The maximum absolute atomic E-state index is 12.8. The van der Waals surface area contributed by atoms with E-state index >= 15 is 0 Å². The van der Waals surface area contributed by atoms with Gasteiger partial charge in [-0.3, -0.25) is 14.7 Å². The van der Waals surface area contributed by atoms with Crippen molar-refractivity contribution in [1.82, 2.24) is 14.8 Å². The molecule has 3 aliphatic heterocycles. The molecule has 132 valence electrons. The Labute approximate surface area is 153 Å². The Morgan fingerprint density at radius 3 is 2.69 bits per heavy atom. The third-order valence-corrected chi connectivity index (χ3v) is 5.47. The van der Waals surface area contributed by atoms with Crippen molar-refractivity contribution < 1.29 is 4.79 Å². The van der Waals surface area contributed by atoms with Crippen LogP contribution in [0.5, 0.6) is 0 Å². The van der Waals surface area contributed by atoms with Crippen molar-refractivity contribution >= 4 is 5.91 Å². The fourth-order valence-electron chi connectivity index (χ4n) is 4.11. The first-order chi connectivity index (χ1) is 12.7. The van der Waals surface area contributed by atoms with Crippen LogP contribution in [-0.2, 0) is 6.54 Å². The van der Waals surface area contributed by atoms with Gasteiger partial charge >= 0.3 is 0 Å². The molecular weight excluding hydrogens is 324 g/mol. The maximum Gasteiger partial charge on any atom is 0.272 e. The summed E-state index contributed by atoms with van der Waals surface area (Å²) in [5, 5.41) is 8.95. The largest absolute Gasteiger partial charge is 0.335 e. The van der Waals surface area contributed by atoms with E-state index in [0.717, 1.165) is 32.6 Å². The molecule has 0 radical (unpaired) electrons. The minimum atomic E-state index is 0.0442. The van der Waals surface area contributed by atoms with Crippen LogP contribution in [0.1, 0.15) is 34.5 Å². The van der Waals surface area contributed by atoms with E-state index in [1.807, 2.05) is 41.3 Å². The highest BCUT2D eigenvalue weighted by Crippen LogP contribution is 2.29. The second-order valence-corrected chi connectivity index (χ2v) is 7.26. The van der Waals surface area contributed by atoms with E-state index in [1.54, 1.807) is 12.3 Å². The lowest BCUT2D eigenvalue weighted by Crippen LogP contribution is -2.44. The topological polar surface area (TPSA) is 60.2 Å². The summed E-state index contributed by atoms with van der Waals surface area (Å²) in [6.07, 6.45) is 3.99. The van der Waals surface area contributed by atoms with Gasteiger partial charge in [0.25, 0.3) is 5.91 Å². The molecule has 0 aliphatic carbocycles. The third kappa shape index (κ3) is 3.47. The van der Waals surface area contributed by atoms with Crippen molar-refractivity contribution in [3.63, 3.8) is 0 Å². The number of amides is 1. The molecule has 5 rings (SSSR count). The molecule has 5 nitrogen and oxygen atoms in total. The quantitative estimate of drug-likeness (QED) is 0.857. The minimum absolute atomic E-state index is 0.0442. The van der Waals surface area contributed by atoms with Crippen LogP contribution in [0.3, 0.4) is 0 Å². The summed E-state index contributed by atoms with van der Waals surface area (Å²) >= 11 is 0. The minimum Gasteiger partial charge on any atom is -0.335 e. The lowest BCUT2D eigenvalue weighted by molar-refractivity contribution is 0.0730. The first kappa shape index (κ1) is 16.7. The van der Waals surface area contributed by atoms with Crippen LogP contribution >= 0.6 is 0 Å². The predicted octanol–water partition coefficient (Wildman–Crippen LogP) is 2.69. The van der Waals surface area contributed by atoms with Gasteiger partial charge in [-0.1, -0.05) is 18.2 Å². The summed E-state index contributed by atoms with van der Waals surface area (Å²) in [5.41, 5.74) is 2.45. The number of nitriles is 1. The second kappa shape index (κ2) is 7.27. The van der Waals surface area contributed by atoms with Crippen molar-refractivity contribution in [2.45, 2.75) is 25.4 Å². The lowest BCUT2D eigenvalue weighted by atomic mass is 9.94. The van der Waals surface area contributed by atoms with E-state index in [-0.39, 0.29) is 5.91 Å². The van der Waals surface area contributed by atoms with Crippen molar-refractivity contribution in [2.75, 3.05) is 19.6 Å². The number of benzene rings is 1. The average molecular weight is 346 g/mol. The van der Waals surface area contributed by atoms with Gasteiger partial charge in [-0.15, -0.1) is 0 Å². The molecule has 5 heteroatoms. The Hall–Kier alpha value is -2.71. The number of piperidine rings is 1. The molecule has 0 N–H and O–H groups in total. The van der Waals surface area contributed by atoms with Crippen LogP contribution in [0.2, 0.25) is 0 Å². The average Bonchev–Trinajstić information content (AvgIpc) is 3.00. The monoisotopic (exact) mass is 346 g/mol. The Kier molecular flexibility index (Phi) is 4.68. The molecule has 4 heterocycles. The zero-order chi connectivity index (χ0) is 17.9. The number of hydrogen-bond acceptors (Lipinski definition) is 4. The van der Waals surface area contributed by atoms with E-state index in [1.165, 1.54) is 12.0 Å². The summed E-state index contributed by atoms with van der Waals surface area (Å²) in [4.78, 5) is 21.5. The van der Waals surface area contributed by atoms with Crippen LogP contribution in [0, 0.1) is 17.2 Å². The van der Waals surface area contributed by atoms with Crippen LogP contribution in [0.4, 0.5) is 0 Å². The summed E-state index contributed by atoms with van der Waals surface area (Å²) < 4.78 is 0. The van der Waals surface area contributed by atoms with E-state index in [2.05, 4.69) is 16.0 Å². The van der Waals surface area contributed by atoms with Crippen LogP contribution in [0.25, 0.3) is 0 Å². The van der Waals surface area contributed by atoms with Gasteiger partial charge in [-0.2, -0.15) is 5.26 Å². The molecule has 0 unspecified atom stereocenters. The Balaban J connectivity index is 1.47. The lowest BCUT2D eigenvalue weighted by Gasteiger charge is -2.36. The fourth-order valence-corrected chi connectivity index (χ4v) is 4.11. The van der Waals surface area contributed by atoms with Gasteiger partial charge in [0.05, 0.1) is 11.6 Å². The van der Waals surface area contributed by atoms with Crippen molar-refractivity contribution in [1.29, 1.82) is 5.26 Å². The van der Waals surface area contributed by atoms with E-state index in [0.29, 0.717) is 23.2 Å². The van der Waals surface area contributed by atoms with Crippen molar-refractivity contribution in [3.8, 4) is 6.07 Å². The molecule has 3 saturated heterocycles. The molecule has 3 aliphatic rings. The van der Waals surface area contributed by atoms with Gasteiger partial charge in [0, 0.05) is 38.4 Å². The number of aromatic nitrogens is 1. The number of pyridine rings is 1. The molecule has 26 heavy (non-hydrogen) atoms. The molecule has 3 fully saturated rings.